The first-order valence-corrected chi connectivity index (χ1v) is 9.85. The minimum absolute atomic E-state index is 0.0444. The van der Waals surface area contributed by atoms with Crippen molar-refractivity contribution in [3.05, 3.63) is 57.8 Å². The van der Waals surface area contributed by atoms with Crippen molar-refractivity contribution in [2.24, 2.45) is 0 Å². The monoisotopic (exact) mass is 386 g/mol. The topological polar surface area (TPSA) is 70.8 Å². The maximum absolute atomic E-state index is 13.4. The Kier molecular flexibility index (Phi) is 6.83. The first kappa shape index (κ1) is 20.5. The van der Waals surface area contributed by atoms with Gasteiger partial charge in [0.1, 0.15) is 5.75 Å². The second-order valence-corrected chi connectivity index (χ2v) is 7.19. The number of aryl methyl sites for hydroxylation is 1. The number of hydrogen-bond acceptors (Lipinski definition) is 6. The minimum Gasteiger partial charge on any atom is -0.507 e. The number of piperazine rings is 1. The van der Waals surface area contributed by atoms with E-state index in [-0.39, 0.29) is 17.4 Å². The SMILES string of the molecule is CCN1CCN(C(c2cccnc2)c2c(O)cc(C)n(CCOC)c2=O)CC1. The van der Waals surface area contributed by atoms with Gasteiger partial charge in [-0.2, -0.15) is 0 Å². The fraction of sp³-hybridized carbons (Fsp3) is 0.524. The van der Waals surface area contributed by atoms with E-state index in [2.05, 4.69) is 21.7 Å². The molecule has 0 aromatic carbocycles. The lowest BCUT2D eigenvalue weighted by molar-refractivity contribution is 0.111. The maximum atomic E-state index is 13.4. The van der Waals surface area contributed by atoms with Gasteiger partial charge in [0, 0.05) is 57.9 Å². The van der Waals surface area contributed by atoms with Gasteiger partial charge in [0.15, 0.2) is 0 Å². The van der Waals surface area contributed by atoms with Crippen LogP contribution in [0.3, 0.4) is 0 Å². The highest BCUT2D eigenvalue weighted by Gasteiger charge is 2.31. The first-order chi connectivity index (χ1) is 13.6. The highest BCUT2D eigenvalue weighted by atomic mass is 16.5. The number of hydrogen-bond donors (Lipinski definition) is 1. The molecule has 1 aliphatic heterocycles. The lowest BCUT2D eigenvalue weighted by Crippen LogP contribution is -2.48. The molecule has 0 saturated carbocycles. The molecule has 1 aliphatic rings. The molecule has 1 fully saturated rings. The predicted octanol–water partition coefficient (Wildman–Crippen LogP) is 1.63. The molecule has 1 unspecified atom stereocenters. The van der Waals surface area contributed by atoms with E-state index in [1.54, 1.807) is 30.1 Å². The molecule has 0 spiro atoms. The minimum atomic E-state index is -0.324. The standard InChI is InChI=1S/C21H30N4O3/c1-4-23-8-10-24(11-9-23)20(17-6-5-7-22-15-17)19-18(26)14-16(2)25(21(19)27)12-13-28-3/h5-7,14-15,20,26H,4,8-13H2,1-3H3. The number of nitrogens with zero attached hydrogens (tertiary/aromatic N) is 4. The van der Waals surface area contributed by atoms with Crippen LogP contribution in [-0.4, -0.2) is 70.9 Å². The van der Waals surface area contributed by atoms with Crippen LogP contribution in [0, 0.1) is 6.92 Å². The van der Waals surface area contributed by atoms with E-state index in [4.69, 9.17) is 4.74 Å². The number of pyridine rings is 2. The van der Waals surface area contributed by atoms with Gasteiger partial charge in [-0.3, -0.25) is 14.7 Å². The summed E-state index contributed by atoms with van der Waals surface area (Å²) in [6, 6.07) is 5.20. The average molecular weight is 386 g/mol. The Hall–Kier alpha value is -2.22. The summed E-state index contributed by atoms with van der Waals surface area (Å²) in [5.41, 5.74) is 1.90. The van der Waals surface area contributed by atoms with Gasteiger partial charge >= 0.3 is 0 Å². The molecule has 7 nitrogen and oxygen atoms in total. The predicted molar refractivity (Wildman–Crippen MR) is 109 cm³/mol. The molecule has 28 heavy (non-hydrogen) atoms. The second kappa shape index (κ2) is 9.32. The number of ether oxygens (including phenoxy) is 1. The van der Waals surface area contributed by atoms with Crippen molar-refractivity contribution < 1.29 is 9.84 Å². The van der Waals surface area contributed by atoms with Gasteiger partial charge in [0.25, 0.3) is 5.56 Å². The third-order valence-electron chi connectivity index (χ3n) is 5.53. The molecule has 1 atom stereocenters. The molecule has 2 aromatic rings. The molecule has 0 radical (unpaired) electrons. The number of likely N-dealkylation sites (N-methyl/N-ethyl adjacent to an activating group) is 1. The van der Waals surface area contributed by atoms with Gasteiger partial charge in [-0.15, -0.1) is 0 Å². The Morgan fingerprint density at radius 1 is 1.29 bits per heavy atom. The van der Waals surface area contributed by atoms with Gasteiger partial charge in [0.2, 0.25) is 0 Å². The van der Waals surface area contributed by atoms with Gasteiger partial charge < -0.3 is 19.3 Å². The average Bonchev–Trinajstić information content (AvgIpc) is 2.71. The van der Waals surface area contributed by atoms with Crippen molar-refractivity contribution in [3.8, 4) is 5.75 Å². The van der Waals surface area contributed by atoms with Gasteiger partial charge in [-0.25, -0.2) is 0 Å². The number of aromatic nitrogens is 2. The van der Waals surface area contributed by atoms with Crippen LogP contribution in [0.25, 0.3) is 0 Å². The van der Waals surface area contributed by atoms with E-state index in [0.717, 1.165) is 44.0 Å². The maximum Gasteiger partial charge on any atom is 0.259 e. The van der Waals surface area contributed by atoms with E-state index in [0.29, 0.717) is 18.7 Å². The van der Waals surface area contributed by atoms with Crippen LogP contribution >= 0.6 is 0 Å². The van der Waals surface area contributed by atoms with Gasteiger partial charge in [0.05, 0.1) is 18.2 Å². The summed E-state index contributed by atoms with van der Waals surface area (Å²) in [6.07, 6.45) is 3.51. The summed E-state index contributed by atoms with van der Waals surface area (Å²) in [7, 11) is 1.62. The smallest absolute Gasteiger partial charge is 0.259 e. The van der Waals surface area contributed by atoms with E-state index >= 15 is 0 Å². The van der Waals surface area contributed by atoms with Gasteiger partial charge in [-0.05, 0) is 31.2 Å². The molecule has 0 amide bonds. The lowest BCUT2D eigenvalue weighted by atomic mass is 9.97. The van der Waals surface area contributed by atoms with E-state index in [1.807, 2.05) is 19.1 Å². The summed E-state index contributed by atoms with van der Waals surface area (Å²) < 4.78 is 6.85. The van der Waals surface area contributed by atoms with Crippen molar-refractivity contribution in [1.29, 1.82) is 0 Å². The third-order valence-corrected chi connectivity index (χ3v) is 5.53. The molecule has 1 saturated heterocycles. The summed E-state index contributed by atoms with van der Waals surface area (Å²) >= 11 is 0. The largest absolute Gasteiger partial charge is 0.507 e. The van der Waals surface area contributed by atoms with Crippen molar-refractivity contribution in [3.63, 3.8) is 0 Å². The molecule has 3 rings (SSSR count). The summed E-state index contributed by atoms with van der Waals surface area (Å²) in [5, 5.41) is 10.8. The van der Waals surface area contributed by atoms with Crippen molar-refractivity contribution in [2.75, 3.05) is 46.4 Å². The van der Waals surface area contributed by atoms with Crippen LogP contribution in [-0.2, 0) is 11.3 Å². The zero-order valence-corrected chi connectivity index (χ0v) is 17.0. The molecule has 0 bridgehead atoms. The Morgan fingerprint density at radius 2 is 2.04 bits per heavy atom. The van der Waals surface area contributed by atoms with Crippen molar-refractivity contribution in [2.45, 2.75) is 26.4 Å². The third kappa shape index (κ3) is 4.27. The molecule has 1 N–H and O–H groups in total. The van der Waals surface area contributed by atoms with E-state index < -0.39 is 0 Å². The highest BCUT2D eigenvalue weighted by molar-refractivity contribution is 5.40. The van der Waals surface area contributed by atoms with Crippen LogP contribution in [0.1, 0.15) is 29.8 Å². The van der Waals surface area contributed by atoms with E-state index in [1.165, 1.54) is 0 Å². The fourth-order valence-electron chi connectivity index (χ4n) is 3.92. The molecule has 2 aromatic heterocycles. The number of rotatable bonds is 7. The molecule has 152 valence electrons. The first-order valence-electron chi connectivity index (χ1n) is 9.85. The van der Waals surface area contributed by atoms with Crippen LogP contribution in [0.2, 0.25) is 0 Å². The summed E-state index contributed by atoms with van der Waals surface area (Å²) in [6.45, 7) is 9.46. The summed E-state index contributed by atoms with van der Waals surface area (Å²) in [5.74, 6) is 0.0444. The van der Waals surface area contributed by atoms with Crippen LogP contribution in [0.15, 0.2) is 35.4 Å². The van der Waals surface area contributed by atoms with E-state index in [9.17, 15) is 9.90 Å². The Balaban J connectivity index is 2.07. The van der Waals surface area contributed by atoms with Crippen molar-refractivity contribution in [1.82, 2.24) is 19.4 Å². The Morgan fingerprint density at radius 3 is 2.64 bits per heavy atom. The molecule has 3 heterocycles. The fourth-order valence-corrected chi connectivity index (χ4v) is 3.92. The zero-order chi connectivity index (χ0) is 20.1. The van der Waals surface area contributed by atoms with Crippen LogP contribution in [0.4, 0.5) is 0 Å². The normalized spacial score (nSPS) is 17.0. The van der Waals surface area contributed by atoms with Crippen LogP contribution < -0.4 is 5.56 Å². The summed E-state index contributed by atoms with van der Waals surface area (Å²) in [4.78, 5) is 22.3. The van der Waals surface area contributed by atoms with Gasteiger partial charge in [-0.1, -0.05) is 13.0 Å². The Bertz CT molecular complexity index is 830. The molecular formula is C21H30N4O3. The number of aromatic hydroxyl groups is 1. The second-order valence-electron chi connectivity index (χ2n) is 7.19. The highest BCUT2D eigenvalue weighted by Crippen LogP contribution is 2.32. The number of methoxy groups -OCH3 is 1. The Labute approximate surface area is 166 Å². The van der Waals surface area contributed by atoms with Crippen molar-refractivity contribution >= 4 is 0 Å². The van der Waals surface area contributed by atoms with Crippen LogP contribution in [0.5, 0.6) is 5.75 Å². The zero-order valence-electron chi connectivity index (χ0n) is 17.0. The molecule has 7 heteroatoms. The lowest BCUT2D eigenvalue weighted by Gasteiger charge is -2.39. The quantitative estimate of drug-likeness (QED) is 0.780. The molecule has 0 aliphatic carbocycles. The molecular weight excluding hydrogens is 356 g/mol.